The minimum atomic E-state index is 0.0831. The summed E-state index contributed by atoms with van der Waals surface area (Å²) in [6, 6.07) is 0.398. The number of morpholine rings is 1. The highest BCUT2D eigenvalue weighted by molar-refractivity contribution is 5.74. The Labute approximate surface area is 109 Å². The molecular weight excluding hydrogens is 228 g/mol. The van der Waals surface area contributed by atoms with Gasteiger partial charge in [0.15, 0.2) is 0 Å². The fourth-order valence-corrected chi connectivity index (χ4v) is 2.59. The van der Waals surface area contributed by atoms with Crippen molar-refractivity contribution in [3.63, 3.8) is 0 Å². The van der Waals surface area contributed by atoms with Crippen molar-refractivity contribution in [3.8, 4) is 0 Å². The fourth-order valence-electron chi connectivity index (χ4n) is 2.59. The Bertz CT molecular complexity index is 302. The summed E-state index contributed by atoms with van der Waals surface area (Å²) in [5.41, 5.74) is 0. The highest BCUT2D eigenvalue weighted by Crippen LogP contribution is 2.13. The highest BCUT2D eigenvalue weighted by Gasteiger charge is 2.25. The van der Waals surface area contributed by atoms with Crippen LogP contribution in [0.3, 0.4) is 0 Å². The molecular formula is C14H24N2O2. The van der Waals surface area contributed by atoms with Crippen LogP contribution in [0.5, 0.6) is 0 Å². The summed E-state index contributed by atoms with van der Waals surface area (Å²) < 4.78 is 5.66. The lowest BCUT2D eigenvalue weighted by Gasteiger charge is -2.34. The maximum absolute atomic E-state index is 12.2. The highest BCUT2D eigenvalue weighted by atomic mass is 16.5. The summed E-state index contributed by atoms with van der Waals surface area (Å²) in [6.07, 6.45) is 9.82. The van der Waals surface area contributed by atoms with E-state index >= 15 is 0 Å². The van der Waals surface area contributed by atoms with Crippen molar-refractivity contribution in [1.82, 2.24) is 10.2 Å². The third-order valence-electron chi connectivity index (χ3n) is 3.63. The van der Waals surface area contributed by atoms with Crippen molar-refractivity contribution < 1.29 is 9.53 Å². The number of hydrogen-bond acceptors (Lipinski definition) is 2. The topological polar surface area (TPSA) is 41.6 Å². The zero-order chi connectivity index (χ0) is 12.8. The summed E-state index contributed by atoms with van der Waals surface area (Å²) in [5.74, 6) is 0. The van der Waals surface area contributed by atoms with Gasteiger partial charge in [-0.2, -0.15) is 0 Å². The third kappa shape index (κ3) is 3.73. The molecule has 0 saturated carbocycles. The molecule has 0 unspecified atom stereocenters. The van der Waals surface area contributed by atoms with Gasteiger partial charge in [0, 0.05) is 19.1 Å². The van der Waals surface area contributed by atoms with E-state index in [0.717, 1.165) is 38.6 Å². The van der Waals surface area contributed by atoms with Crippen molar-refractivity contribution in [2.75, 3.05) is 19.7 Å². The smallest absolute Gasteiger partial charge is 0.317 e. The molecule has 2 aliphatic rings. The van der Waals surface area contributed by atoms with Gasteiger partial charge in [-0.3, -0.25) is 0 Å². The maximum Gasteiger partial charge on any atom is 0.317 e. The van der Waals surface area contributed by atoms with Gasteiger partial charge >= 0.3 is 6.03 Å². The van der Waals surface area contributed by atoms with Crippen molar-refractivity contribution in [2.24, 2.45) is 0 Å². The zero-order valence-corrected chi connectivity index (χ0v) is 11.2. The molecule has 0 spiro atoms. The minimum absolute atomic E-state index is 0.0831. The summed E-state index contributed by atoms with van der Waals surface area (Å²) in [4.78, 5) is 14.1. The zero-order valence-electron chi connectivity index (χ0n) is 11.2. The van der Waals surface area contributed by atoms with Crippen molar-refractivity contribution in [3.05, 3.63) is 12.2 Å². The lowest BCUT2D eigenvalue weighted by molar-refractivity contribution is -0.0184. The number of urea groups is 1. The molecule has 0 bridgehead atoms. The van der Waals surface area contributed by atoms with Crippen LogP contribution in [0.1, 0.15) is 39.0 Å². The Morgan fingerprint density at radius 2 is 2.39 bits per heavy atom. The van der Waals surface area contributed by atoms with Gasteiger partial charge in [-0.25, -0.2) is 4.79 Å². The minimum Gasteiger partial charge on any atom is -0.375 e. The molecule has 2 rings (SSSR count). The standard InChI is InChI=1S/C14H24N2O2/c1-2-6-13-11-16(9-10-18-13)14(17)15-12-7-4-3-5-8-12/h3-4,12-13H,2,5-11H2,1H3,(H,15,17)/t12-,13-/m0/s1. The Hall–Kier alpha value is -1.03. The largest absolute Gasteiger partial charge is 0.375 e. The normalized spacial score (nSPS) is 28.2. The molecule has 1 fully saturated rings. The molecule has 2 amide bonds. The first-order chi connectivity index (χ1) is 8.79. The number of amides is 2. The Morgan fingerprint density at radius 3 is 3.11 bits per heavy atom. The van der Waals surface area contributed by atoms with Crippen molar-refractivity contribution in [2.45, 2.75) is 51.2 Å². The van der Waals surface area contributed by atoms with E-state index in [4.69, 9.17) is 4.74 Å². The van der Waals surface area contributed by atoms with Crippen molar-refractivity contribution in [1.29, 1.82) is 0 Å². The molecule has 1 saturated heterocycles. The van der Waals surface area contributed by atoms with Gasteiger partial charge in [0.05, 0.1) is 12.7 Å². The molecule has 1 heterocycles. The first kappa shape index (κ1) is 13.4. The predicted octanol–water partition coefficient (Wildman–Crippen LogP) is 2.31. The van der Waals surface area contributed by atoms with E-state index in [-0.39, 0.29) is 12.1 Å². The molecule has 0 radical (unpaired) electrons. The molecule has 1 aliphatic carbocycles. The molecule has 0 aromatic carbocycles. The van der Waals surface area contributed by atoms with Crippen LogP contribution >= 0.6 is 0 Å². The fraction of sp³-hybridized carbons (Fsp3) is 0.786. The molecule has 0 aromatic rings. The van der Waals surface area contributed by atoms with Crippen LogP contribution in [0.15, 0.2) is 12.2 Å². The summed E-state index contributed by atoms with van der Waals surface area (Å²) in [6.45, 7) is 4.27. The maximum atomic E-state index is 12.2. The van der Waals surface area contributed by atoms with E-state index in [1.54, 1.807) is 0 Å². The van der Waals surface area contributed by atoms with Gasteiger partial charge in [-0.05, 0) is 25.7 Å². The van der Waals surface area contributed by atoms with Crippen LogP contribution in [-0.4, -0.2) is 42.8 Å². The van der Waals surface area contributed by atoms with E-state index in [0.29, 0.717) is 19.2 Å². The summed E-state index contributed by atoms with van der Waals surface area (Å²) in [7, 11) is 0. The van der Waals surface area contributed by atoms with Gasteiger partial charge in [-0.1, -0.05) is 25.5 Å². The molecule has 1 N–H and O–H groups in total. The second kappa shape index (κ2) is 6.78. The molecule has 102 valence electrons. The number of nitrogens with zero attached hydrogens (tertiary/aromatic N) is 1. The summed E-state index contributed by atoms with van der Waals surface area (Å²) in [5, 5.41) is 3.13. The molecule has 4 heteroatoms. The number of rotatable bonds is 3. The van der Waals surface area contributed by atoms with Crippen LogP contribution < -0.4 is 5.32 Å². The molecule has 1 aliphatic heterocycles. The van der Waals surface area contributed by atoms with E-state index in [1.807, 2.05) is 4.90 Å². The van der Waals surface area contributed by atoms with E-state index < -0.39 is 0 Å². The van der Waals surface area contributed by atoms with Gasteiger partial charge < -0.3 is 15.0 Å². The van der Waals surface area contributed by atoms with Gasteiger partial charge in [-0.15, -0.1) is 0 Å². The van der Waals surface area contributed by atoms with Gasteiger partial charge in [0.25, 0.3) is 0 Å². The number of nitrogens with one attached hydrogen (secondary N) is 1. The van der Waals surface area contributed by atoms with E-state index in [9.17, 15) is 4.79 Å². The quantitative estimate of drug-likeness (QED) is 0.783. The van der Waals surface area contributed by atoms with Crippen LogP contribution in [0, 0.1) is 0 Å². The van der Waals surface area contributed by atoms with Gasteiger partial charge in [0.2, 0.25) is 0 Å². The van der Waals surface area contributed by atoms with Crippen molar-refractivity contribution >= 4 is 6.03 Å². The molecule has 2 atom stereocenters. The summed E-state index contributed by atoms with van der Waals surface area (Å²) >= 11 is 0. The predicted molar refractivity (Wildman–Crippen MR) is 71.5 cm³/mol. The Kier molecular flexibility index (Phi) is 5.05. The molecule has 18 heavy (non-hydrogen) atoms. The third-order valence-corrected chi connectivity index (χ3v) is 3.63. The Morgan fingerprint density at radius 1 is 1.50 bits per heavy atom. The molecule has 0 aromatic heterocycles. The average Bonchev–Trinajstić information content (AvgIpc) is 2.40. The SMILES string of the molecule is CCC[C@H]1CN(C(=O)N[C@H]2CC=CCC2)CCO1. The van der Waals surface area contributed by atoms with Crippen LogP contribution in [-0.2, 0) is 4.74 Å². The molecule has 4 nitrogen and oxygen atoms in total. The van der Waals surface area contributed by atoms with Crippen LogP contribution in [0.25, 0.3) is 0 Å². The first-order valence-corrected chi connectivity index (χ1v) is 7.11. The van der Waals surface area contributed by atoms with E-state index in [2.05, 4.69) is 24.4 Å². The number of allylic oxidation sites excluding steroid dienone is 1. The second-order valence-corrected chi connectivity index (χ2v) is 5.16. The van der Waals surface area contributed by atoms with E-state index in [1.165, 1.54) is 0 Å². The number of carbonyl (C=O) groups excluding carboxylic acids is 1. The Balaban J connectivity index is 1.78. The second-order valence-electron chi connectivity index (χ2n) is 5.16. The number of carbonyl (C=O) groups is 1. The van der Waals surface area contributed by atoms with Crippen LogP contribution in [0.2, 0.25) is 0 Å². The lowest BCUT2D eigenvalue weighted by Crippen LogP contribution is -2.51. The first-order valence-electron chi connectivity index (χ1n) is 7.11. The monoisotopic (exact) mass is 252 g/mol. The number of hydrogen-bond donors (Lipinski definition) is 1. The lowest BCUT2D eigenvalue weighted by atomic mass is 10.0. The average molecular weight is 252 g/mol. The van der Waals surface area contributed by atoms with Crippen LogP contribution in [0.4, 0.5) is 4.79 Å². The number of ether oxygens (including phenoxy) is 1. The van der Waals surface area contributed by atoms with Gasteiger partial charge in [0.1, 0.15) is 0 Å².